The molecule has 0 amide bonds. The number of pyridine rings is 1. The Hall–Kier alpha value is -1.22. The van der Waals surface area contributed by atoms with Crippen molar-refractivity contribution in [3.63, 3.8) is 0 Å². The van der Waals surface area contributed by atoms with E-state index in [9.17, 15) is 0 Å². The minimum Gasteiger partial charge on any atom is -0.341 e. The number of imidazole rings is 1. The van der Waals surface area contributed by atoms with Gasteiger partial charge in [0.05, 0.1) is 16.7 Å². The van der Waals surface area contributed by atoms with Gasteiger partial charge in [-0.25, -0.2) is 0 Å². The number of halogens is 1. The van der Waals surface area contributed by atoms with Crippen molar-refractivity contribution in [1.82, 2.24) is 9.38 Å². The minimum atomic E-state index is 0. The van der Waals surface area contributed by atoms with Crippen LogP contribution in [-0.2, 0) is 30.9 Å². The Morgan fingerprint density at radius 2 is 1.85 bits per heavy atom. The average Bonchev–Trinajstić information content (AvgIpc) is 3.18. The molecule has 1 radical (unpaired) electrons. The van der Waals surface area contributed by atoms with E-state index in [1.165, 1.54) is 30.3 Å². The fraction of sp³-hybridized carbons (Fsp3) is 0.318. The van der Waals surface area contributed by atoms with Gasteiger partial charge in [0.25, 0.3) is 0 Å². The third-order valence-corrected chi connectivity index (χ3v) is 7.43. The van der Waals surface area contributed by atoms with Gasteiger partial charge in [0.1, 0.15) is 0 Å². The number of benzene rings is 2. The number of hydrogen-bond acceptors (Lipinski definition) is 1. The molecule has 1 fully saturated rings. The van der Waals surface area contributed by atoms with Crippen LogP contribution in [0.4, 0.5) is 0 Å². The topological polar surface area (TPSA) is 17.3 Å². The summed E-state index contributed by atoms with van der Waals surface area (Å²) in [4.78, 5) is 5.01. The first-order valence-corrected chi connectivity index (χ1v) is 9.74. The number of aromatic nitrogens is 2. The van der Waals surface area contributed by atoms with Gasteiger partial charge in [0.15, 0.2) is 0 Å². The fourth-order valence-electron chi connectivity index (χ4n) is 5.50. The first-order chi connectivity index (χ1) is 12.0. The Bertz CT molecular complexity index is 1230. The van der Waals surface area contributed by atoms with Crippen LogP contribution in [0.1, 0.15) is 44.2 Å². The fourth-order valence-corrected chi connectivity index (χ4v) is 5.96. The van der Waals surface area contributed by atoms with E-state index < -0.39 is 0 Å². The van der Waals surface area contributed by atoms with Crippen molar-refractivity contribution in [2.75, 3.05) is 0 Å². The Labute approximate surface area is 174 Å². The van der Waals surface area contributed by atoms with E-state index in [0.717, 1.165) is 26.4 Å². The predicted octanol–water partition coefficient (Wildman–Crippen LogP) is 5.91. The quantitative estimate of drug-likeness (QED) is 0.236. The van der Waals surface area contributed by atoms with Crippen molar-refractivity contribution in [2.45, 2.75) is 43.9 Å². The molecule has 2 unspecified atom stereocenters. The van der Waals surface area contributed by atoms with Gasteiger partial charge in [-0.05, 0) is 59.5 Å². The van der Waals surface area contributed by atoms with Crippen LogP contribution in [0.15, 0.2) is 41.0 Å². The summed E-state index contributed by atoms with van der Waals surface area (Å²) in [5.41, 5.74) is 7.10. The van der Waals surface area contributed by atoms with Crippen molar-refractivity contribution >= 4 is 43.4 Å². The number of rotatable bonds is 0. The molecule has 2 bridgehead atoms. The monoisotopic (exact) mass is 582 g/mol. The molecule has 0 saturated heterocycles. The zero-order valence-electron chi connectivity index (χ0n) is 14.7. The van der Waals surface area contributed by atoms with Crippen LogP contribution < -0.4 is 0 Å². The van der Waals surface area contributed by atoms with E-state index in [-0.39, 0.29) is 20.1 Å². The van der Waals surface area contributed by atoms with E-state index in [0.29, 0.717) is 10.8 Å². The van der Waals surface area contributed by atoms with Gasteiger partial charge in [0, 0.05) is 20.1 Å². The third-order valence-electron chi connectivity index (χ3n) is 6.74. The molecule has 6 rings (SSSR count). The van der Waals surface area contributed by atoms with Crippen LogP contribution in [0.5, 0.6) is 0 Å². The first kappa shape index (κ1) is 16.9. The molecule has 2 heterocycles. The van der Waals surface area contributed by atoms with Crippen LogP contribution in [0.2, 0.25) is 0 Å². The Kier molecular flexibility index (Phi) is 3.37. The third kappa shape index (κ3) is 1.93. The minimum absolute atomic E-state index is 0. The molecular weight excluding hydrogens is 564 g/mol. The summed E-state index contributed by atoms with van der Waals surface area (Å²) in [6.07, 6.45) is 6.05. The van der Waals surface area contributed by atoms with Crippen molar-refractivity contribution in [3.8, 4) is 0 Å². The molecule has 2 nitrogen and oxygen atoms in total. The van der Waals surface area contributed by atoms with Gasteiger partial charge < -0.3 is 4.40 Å². The number of hydrogen-bond donors (Lipinski definition) is 0. The summed E-state index contributed by atoms with van der Waals surface area (Å²) in [6.45, 7) is 4.88. The van der Waals surface area contributed by atoms with Crippen molar-refractivity contribution in [1.29, 1.82) is 0 Å². The maximum atomic E-state index is 5.01. The number of fused-ring (bicyclic) bond motifs is 10. The summed E-state index contributed by atoms with van der Waals surface area (Å²) in [5.74, 6) is 0. The van der Waals surface area contributed by atoms with Crippen LogP contribution in [0.3, 0.4) is 0 Å². The van der Waals surface area contributed by atoms with Gasteiger partial charge in [-0.1, -0.05) is 51.1 Å². The number of nitrogens with zero attached hydrogens (tertiary/aromatic N) is 2. The Balaban J connectivity index is 0.00000150. The molecule has 0 aliphatic heterocycles. The van der Waals surface area contributed by atoms with Gasteiger partial charge in [-0.2, -0.15) is 0 Å². The van der Waals surface area contributed by atoms with Gasteiger partial charge in [-0.15, -0.1) is 18.2 Å². The summed E-state index contributed by atoms with van der Waals surface area (Å²) in [5, 5.41) is 2.24. The Morgan fingerprint density at radius 1 is 1.12 bits per heavy atom. The zero-order chi connectivity index (χ0) is 17.0. The van der Waals surface area contributed by atoms with Crippen LogP contribution >= 0.6 is 15.9 Å². The Morgan fingerprint density at radius 3 is 2.62 bits per heavy atom. The van der Waals surface area contributed by atoms with Crippen molar-refractivity contribution in [3.05, 3.63) is 58.2 Å². The normalized spacial score (nSPS) is 26.6. The smallest absolute Gasteiger partial charge is 0.0777 e. The van der Waals surface area contributed by atoms with Crippen molar-refractivity contribution in [2.24, 2.45) is 0 Å². The second kappa shape index (κ2) is 5.19. The summed E-state index contributed by atoms with van der Waals surface area (Å²) in [6, 6.07) is 14.3. The largest absolute Gasteiger partial charge is 0.341 e. The summed E-state index contributed by atoms with van der Waals surface area (Å²) in [7, 11) is 0. The van der Waals surface area contributed by atoms with Crippen LogP contribution in [0, 0.1) is 6.07 Å². The van der Waals surface area contributed by atoms with Crippen molar-refractivity contribution < 1.29 is 20.1 Å². The molecule has 0 N–H and O–H groups in total. The molecular formula is C22H18BrIrN2-. The van der Waals surface area contributed by atoms with E-state index in [1.807, 2.05) is 12.1 Å². The molecule has 4 heteroatoms. The van der Waals surface area contributed by atoms with E-state index in [2.05, 4.69) is 64.6 Å². The second-order valence-corrected chi connectivity index (χ2v) is 9.27. The standard InChI is InChI=1S/C22H18BrN2.Ir/c1-21-7-8-22(2,12-21)16-11-19-18(10-15(16)21)24-20-14-4-3-5-17(23)13(14)6-9-25(19)20;/h3,5-6,9-11H,7-8,12H2,1-2H3;/q-1;. The first-order valence-electron chi connectivity index (χ1n) is 8.94. The molecule has 2 aliphatic carbocycles. The van der Waals surface area contributed by atoms with Gasteiger partial charge in [0.2, 0.25) is 0 Å². The zero-order valence-corrected chi connectivity index (χ0v) is 18.7. The maximum Gasteiger partial charge on any atom is 0.0777 e. The summed E-state index contributed by atoms with van der Waals surface area (Å²) < 4.78 is 3.33. The molecule has 26 heavy (non-hydrogen) atoms. The molecule has 0 spiro atoms. The maximum absolute atomic E-state index is 5.01. The summed E-state index contributed by atoms with van der Waals surface area (Å²) >= 11 is 3.65. The molecule has 2 aliphatic rings. The second-order valence-electron chi connectivity index (χ2n) is 8.42. The SMILES string of the molecule is CC12CCC(C)(C1)c1cc3c(cc12)nc1c2[c-]ccc(Br)c2ccn31.[Ir]. The van der Waals surface area contributed by atoms with Crippen LogP contribution in [0.25, 0.3) is 27.5 Å². The molecule has 133 valence electrons. The molecule has 2 aromatic heterocycles. The van der Waals surface area contributed by atoms with Gasteiger partial charge in [-0.3, -0.25) is 4.98 Å². The van der Waals surface area contributed by atoms with Crippen LogP contribution in [-0.4, -0.2) is 9.38 Å². The van der Waals surface area contributed by atoms with E-state index in [1.54, 1.807) is 5.56 Å². The predicted molar refractivity (Wildman–Crippen MR) is 105 cm³/mol. The molecule has 2 atom stereocenters. The molecule has 4 aromatic rings. The van der Waals surface area contributed by atoms with Gasteiger partial charge >= 0.3 is 0 Å². The molecule has 1 saturated carbocycles. The molecule has 2 aromatic carbocycles. The van der Waals surface area contributed by atoms with E-state index in [4.69, 9.17) is 4.98 Å². The average molecular weight is 583 g/mol. The van der Waals surface area contributed by atoms with E-state index >= 15 is 0 Å².